The van der Waals surface area contributed by atoms with Gasteiger partial charge in [-0.3, -0.25) is 4.79 Å². The maximum absolute atomic E-state index is 12.0. The summed E-state index contributed by atoms with van der Waals surface area (Å²) in [5.74, 6) is 0.176. The van der Waals surface area contributed by atoms with Gasteiger partial charge in [-0.25, -0.2) is 4.68 Å². The Morgan fingerprint density at radius 3 is 2.52 bits per heavy atom. The summed E-state index contributed by atoms with van der Waals surface area (Å²) in [6.45, 7) is 2.71. The predicted molar refractivity (Wildman–Crippen MR) is 100 cm³/mol. The van der Waals surface area contributed by atoms with Gasteiger partial charge in [-0.2, -0.15) is 5.10 Å². The number of para-hydroxylation sites is 1. The van der Waals surface area contributed by atoms with Crippen molar-refractivity contribution in [3.63, 3.8) is 0 Å². The van der Waals surface area contributed by atoms with Gasteiger partial charge in [0.1, 0.15) is 0 Å². The molecule has 1 unspecified atom stereocenters. The largest absolute Gasteiger partial charge is 0.352 e. The van der Waals surface area contributed by atoms with E-state index in [0.717, 1.165) is 11.3 Å². The molecule has 1 aromatic heterocycles. The van der Waals surface area contributed by atoms with Crippen LogP contribution in [0.3, 0.4) is 0 Å². The van der Waals surface area contributed by atoms with E-state index in [-0.39, 0.29) is 11.8 Å². The van der Waals surface area contributed by atoms with Gasteiger partial charge in [-0.1, -0.05) is 55.5 Å². The number of amides is 1. The first kappa shape index (κ1) is 16.7. The number of hydrogen-bond donors (Lipinski definition) is 1. The summed E-state index contributed by atoms with van der Waals surface area (Å²) in [4.78, 5) is 12.0. The maximum atomic E-state index is 12.0. The van der Waals surface area contributed by atoms with E-state index in [0.29, 0.717) is 6.54 Å². The van der Waals surface area contributed by atoms with Gasteiger partial charge in [-0.15, -0.1) is 0 Å². The van der Waals surface area contributed by atoms with Crippen molar-refractivity contribution in [2.45, 2.75) is 12.8 Å². The fourth-order valence-corrected chi connectivity index (χ4v) is 2.53. The first-order valence-electron chi connectivity index (χ1n) is 8.33. The van der Waals surface area contributed by atoms with E-state index >= 15 is 0 Å². The third kappa shape index (κ3) is 4.67. The predicted octanol–water partition coefficient (Wildman–Crippen LogP) is 3.81. The van der Waals surface area contributed by atoms with Gasteiger partial charge in [-0.05, 0) is 29.7 Å². The molecule has 4 heteroatoms. The number of aromatic nitrogens is 2. The van der Waals surface area contributed by atoms with Gasteiger partial charge < -0.3 is 5.32 Å². The third-order valence-corrected chi connectivity index (χ3v) is 4.00. The van der Waals surface area contributed by atoms with Crippen LogP contribution in [0.25, 0.3) is 11.8 Å². The number of nitrogens with zero attached hydrogens (tertiary/aromatic N) is 2. The molecule has 0 saturated heterocycles. The zero-order chi connectivity index (χ0) is 17.5. The Morgan fingerprint density at radius 2 is 1.80 bits per heavy atom. The highest BCUT2D eigenvalue weighted by Gasteiger charge is 2.06. The van der Waals surface area contributed by atoms with E-state index < -0.39 is 0 Å². The monoisotopic (exact) mass is 331 g/mol. The minimum Gasteiger partial charge on any atom is -0.352 e. The molecule has 4 nitrogen and oxygen atoms in total. The average molecular weight is 331 g/mol. The summed E-state index contributed by atoms with van der Waals surface area (Å²) in [6, 6.07) is 20.0. The summed E-state index contributed by atoms with van der Waals surface area (Å²) < 4.78 is 1.79. The van der Waals surface area contributed by atoms with Crippen LogP contribution in [0, 0.1) is 0 Å². The summed E-state index contributed by atoms with van der Waals surface area (Å²) >= 11 is 0. The lowest BCUT2D eigenvalue weighted by Gasteiger charge is -2.11. The molecule has 1 atom stereocenters. The van der Waals surface area contributed by atoms with Crippen LogP contribution in [-0.4, -0.2) is 22.2 Å². The topological polar surface area (TPSA) is 46.9 Å². The van der Waals surface area contributed by atoms with Gasteiger partial charge in [0, 0.05) is 24.4 Å². The molecule has 0 aliphatic rings. The smallest absolute Gasteiger partial charge is 0.244 e. The number of hydrogen-bond acceptors (Lipinski definition) is 2. The maximum Gasteiger partial charge on any atom is 0.244 e. The van der Waals surface area contributed by atoms with Crippen LogP contribution in [0.2, 0.25) is 0 Å². The minimum atomic E-state index is -0.102. The lowest BCUT2D eigenvalue weighted by Crippen LogP contribution is -2.25. The van der Waals surface area contributed by atoms with Crippen LogP contribution in [0.1, 0.15) is 24.0 Å². The van der Waals surface area contributed by atoms with Crippen LogP contribution in [-0.2, 0) is 4.79 Å². The first-order chi connectivity index (χ1) is 12.2. The molecule has 0 aliphatic carbocycles. The molecule has 3 aromatic rings. The van der Waals surface area contributed by atoms with Crippen molar-refractivity contribution in [1.82, 2.24) is 15.1 Å². The van der Waals surface area contributed by atoms with E-state index in [1.807, 2.05) is 54.7 Å². The van der Waals surface area contributed by atoms with Crippen molar-refractivity contribution in [2.75, 3.05) is 6.54 Å². The number of carbonyl (C=O) groups is 1. The molecule has 1 heterocycles. The Balaban J connectivity index is 1.54. The van der Waals surface area contributed by atoms with Gasteiger partial charge >= 0.3 is 0 Å². The molecule has 1 amide bonds. The molecular weight excluding hydrogens is 310 g/mol. The second kappa shape index (κ2) is 8.11. The van der Waals surface area contributed by atoms with Gasteiger partial charge in [0.15, 0.2) is 0 Å². The molecule has 1 N–H and O–H groups in total. The zero-order valence-corrected chi connectivity index (χ0v) is 14.2. The third-order valence-electron chi connectivity index (χ3n) is 4.00. The molecule has 0 bridgehead atoms. The standard InChI is InChI=1S/C21H21N3O/c1-17(19-8-4-2-5-9-19)14-22-21(25)13-12-18-15-23-24(16-18)20-10-6-3-7-11-20/h2-13,15-17H,14H2,1H3,(H,22,25)/b13-12+. The van der Waals surface area contributed by atoms with Crippen molar-refractivity contribution in [3.8, 4) is 5.69 Å². The van der Waals surface area contributed by atoms with E-state index in [9.17, 15) is 4.79 Å². The van der Waals surface area contributed by atoms with Crippen LogP contribution >= 0.6 is 0 Å². The van der Waals surface area contributed by atoms with Gasteiger partial charge in [0.2, 0.25) is 5.91 Å². The Kier molecular flexibility index (Phi) is 5.42. The highest BCUT2D eigenvalue weighted by Crippen LogP contribution is 2.13. The molecule has 126 valence electrons. The average Bonchev–Trinajstić information content (AvgIpc) is 3.15. The highest BCUT2D eigenvalue weighted by molar-refractivity contribution is 5.91. The molecule has 0 saturated carbocycles. The summed E-state index contributed by atoms with van der Waals surface area (Å²) in [7, 11) is 0. The minimum absolute atomic E-state index is 0.102. The molecule has 0 fully saturated rings. The lowest BCUT2D eigenvalue weighted by atomic mass is 10.0. The number of benzene rings is 2. The quantitative estimate of drug-likeness (QED) is 0.698. The zero-order valence-electron chi connectivity index (χ0n) is 14.2. The Labute approximate surface area is 147 Å². The Hall–Kier alpha value is -3.14. The van der Waals surface area contributed by atoms with Gasteiger partial charge in [0.05, 0.1) is 11.9 Å². The van der Waals surface area contributed by atoms with Crippen LogP contribution in [0.15, 0.2) is 79.1 Å². The molecule has 0 spiro atoms. The van der Waals surface area contributed by atoms with Crippen LogP contribution in [0.5, 0.6) is 0 Å². The van der Waals surface area contributed by atoms with E-state index in [1.54, 1.807) is 23.0 Å². The van der Waals surface area contributed by atoms with Crippen molar-refractivity contribution in [3.05, 3.63) is 90.3 Å². The number of carbonyl (C=O) groups excluding carboxylic acids is 1. The highest BCUT2D eigenvalue weighted by atomic mass is 16.1. The second-order valence-corrected chi connectivity index (χ2v) is 5.94. The number of rotatable bonds is 6. The summed E-state index contributed by atoms with van der Waals surface area (Å²) in [6.07, 6.45) is 6.95. The molecule has 25 heavy (non-hydrogen) atoms. The molecule has 0 radical (unpaired) electrons. The van der Waals surface area contributed by atoms with Crippen LogP contribution < -0.4 is 5.32 Å². The van der Waals surface area contributed by atoms with E-state index in [1.165, 1.54) is 5.56 Å². The Bertz CT molecular complexity index is 838. The Morgan fingerprint density at radius 1 is 1.12 bits per heavy atom. The normalized spacial score (nSPS) is 12.2. The fraction of sp³-hybridized carbons (Fsp3) is 0.143. The first-order valence-corrected chi connectivity index (χ1v) is 8.33. The van der Waals surface area contributed by atoms with Crippen LogP contribution in [0.4, 0.5) is 0 Å². The van der Waals surface area contributed by atoms with E-state index in [4.69, 9.17) is 0 Å². The van der Waals surface area contributed by atoms with Gasteiger partial charge in [0.25, 0.3) is 0 Å². The summed E-state index contributed by atoms with van der Waals surface area (Å²) in [5, 5.41) is 7.25. The SMILES string of the molecule is CC(CNC(=O)/C=C/c1cnn(-c2ccccc2)c1)c1ccccc1. The molecule has 2 aromatic carbocycles. The molecular formula is C21H21N3O. The van der Waals surface area contributed by atoms with Crippen molar-refractivity contribution >= 4 is 12.0 Å². The number of nitrogens with one attached hydrogen (secondary N) is 1. The van der Waals surface area contributed by atoms with Crippen molar-refractivity contribution < 1.29 is 4.79 Å². The molecule has 3 rings (SSSR count). The van der Waals surface area contributed by atoms with Crippen molar-refractivity contribution in [2.24, 2.45) is 0 Å². The fourth-order valence-electron chi connectivity index (χ4n) is 2.53. The lowest BCUT2D eigenvalue weighted by molar-refractivity contribution is -0.116. The van der Waals surface area contributed by atoms with E-state index in [2.05, 4.69) is 29.5 Å². The second-order valence-electron chi connectivity index (χ2n) is 5.94. The van der Waals surface area contributed by atoms with Crippen molar-refractivity contribution in [1.29, 1.82) is 0 Å². The summed E-state index contributed by atoms with van der Waals surface area (Å²) in [5.41, 5.74) is 3.09. The molecule has 0 aliphatic heterocycles.